The number of nitrogens with zero attached hydrogens (tertiary/aromatic N) is 2. The van der Waals surface area contributed by atoms with Crippen LogP contribution in [-0.2, 0) is 11.3 Å². The molecule has 98 valence electrons. The lowest BCUT2D eigenvalue weighted by atomic mass is 10.2. The first-order valence-corrected chi connectivity index (χ1v) is 5.34. The van der Waals surface area contributed by atoms with Crippen molar-refractivity contribution in [1.82, 2.24) is 10.3 Å². The van der Waals surface area contributed by atoms with E-state index in [1.807, 2.05) is 0 Å². The summed E-state index contributed by atoms with van der Waals surface area (Å²) in [6.45, 7) is 5.44. The predicted octanol–water partition coefficient (Wildman–Crippen LogP) is 2.01. The molecule has 0 radical (unpaired) electrons. The number of carbonyl (C=O) groups is 1. The fourth-order valence-corrected chi connectivity index (χ4v) is 1.11. The fraction of sp³-hybridized carbons (Fsp3) is 0.455. The third-order valence-electron chi connectivity index (χ3n) is 1.83. The molecular formula is C11H15N3O4. The Balaban J connectivity index is 2.49. The van der Waals surface area contributed by atoms with Crippen molar-refractivity contribution in [3.63, 3.8) is 0 Å². The number of nitrogens with one attached hydrogen (secondary N) is 1. The van der Waals surface area contributed by atoms with Crippen LogP contribution >= 0.6 is 0 Å². The fourth-order valence-electron chi connectivity index (χ4n) is 1.11. The maximum Gasteiger partial charge on any atom is 0.407 e. The van der Waals surface area contributed by atoms with E-state index in [1.165, 1.54) is 12.1 Å². The Bertz CT molecular complexity index is 437. The molecule has 0 spiro atoms. The first kappa shape index (κ1) is 13.9. The average Bonchev–Trinajstić information content (AvgIpc) is 2.24. The molecule has 0 aliphatic rings. The monoisotopic (exact) mass is 253 g/mol. The zero-order valence-electron chi connectivity index (χ0n) is 10.5. The first-order chi connectivity index (χ1) is 8.28. The Labute approximate surface area is 104 Å². The number of alkyl carbamates (subject to hydrolysis) is 1. The molecule has 0 aromatic carbocycles. The van der Waals surface area contributed by atoms with E-state index < -0.39 is 16.6 Å². The van der Waals surface area contributed by atoms with E-state index in [4.69, 9.17) is 4.74 Å². The summed E-state index contributed by atoms with van der Waals surface area (Å²) in [6.07, 6.45) is 0.592. The van der Waals surface area contributed by atoms with Crippen molar-refractivity contribution in [1.29, 1.82) is 0 Å². The van der Waals surface area contributed by atoms with Gasteiger partial charge in [0.05, 0.1) is 17.2 Å². The van der Waals surface area contributed by atoms with E-state index in [9.17, 15) is 14.9 Å². The second-order valence-electron chi connectivity index (χ2n) is 4.62. The number of pyridine rings is 1. The highest BCUT2D eigenvalue weighted by atomic mass is 16.6. The molecule has 1 N–H and O–H groups in total. The van der Waals surface area contributed by atoms with Gasteiger partial charge in [-0.3, -0.25) is 15.1 Å². The number of ether oxygens (including phenoxy) is 1. The molecule has 18 heavy (non-hydrogen) atoms. The van der Waals surface area contributed by atoms with E-state index in [0.29, 0.717) is 5.69 Å². The molecule has 7 heteroatoms. The van der Waals surface area contributed by atoms with Gasteiger partial charge in [0.15, 0.2) is 0 Å². The average molecular weight is 253 g/mol. The van der Waals surface area contributed by atoms with Crippen molar-refractivity contribution in [3.05, 3.63) is 34.1 Å². The number of hydrogen-bond donors (Lipinski definition) is 1. The van der Waals surface area contributed by atoms with Crippen molar-refractivity contribution < 1.29 is 14.5 Å². The number of nitro groups is 1. The molecule has 1 amide bonds. The third kappa shape index (κ3) is 4.77. The van der Waals surface area contributed by atoms with Crippen molar-refractivity contribution in [2.24, 2.45) is 0 Å². The summed E-state index contributed by atoms with van der Waals surface area (Å²) in [6, 6.07) is 2.81. The molecule has 0 saturated heterocycles. The molecule has 0 fully saturated rings. The van der Waals surface area contributed by atoms with Gasteiger partial charge in [-0.15, -0.1) is 0 Å². The molecule has 0 saturated carbocycles. The SMILES string of the molecule is CC(C)(C)OC(=O)NCc1ccc([N+](=O)[O-])cn1. The largest absolute Gasteiger partial charge is 0.444 e. The molecule has 7 nitrogen and oxygen atoms in total. The normalized spacial score (nSPS) is 10.8. The third-order valence-corrected chi connectivity index (χ3v) is 1.83. The van der Waals surface area contributed by atoms with Gasteiger partial charge in [0.2, 0.25) is 0 Å². The van der Waals surface area contributed by atoms with Crippen LogP contribution in [0.3, 0.4) is 0 Å². The quantitative estimate of drug-likeness (QED) is 0.656. The Hall–Kier alpha value is -2.18. The van der Waals surface area contributed by atoms with Crippen LogP contribution in [0.5, 0.6) is 0 Å². The number of aromatic nitrogens is 1. The van der Waals surface area contributed by atoms with E-state index in [0.717, 1.165) is 6.20 Å². The summed E-state index contributed by atoms with van der Waals surface area (Å²) in [5, 5.41) is 12.9. The zero-order valence-corrected chi connectivity index (χ0v) is 10.5. The molecule has 0 aliphatic heterocycles. The number of carbonyl (C=O) groups excluding carboxylic acids is 1. The zero-order chi connectivity index (χ0) is 13.8. The molecule has 0 atom stereocenters. The standard InChI is InChI=1S/C11H15N3O4/c1-11(2,3)18-10(15)13-6-8-4-5-9(7-12-8)14(16)17/h4-5,7H,6H2,1-3H3,(H,13,15). The Morgan fingerprint density at radius 2 is 2.17 bits per heavy atom. The highest BCUT2D eigenvalue weighted by Crippen LogP contribution is 2.09. The second kappa shape index (κ2) is 5.44. The van der Waals surface area contributed by atoms with Crippen molar-refractivity contribution >= 4 is 11.8 Å². The minimum absolute atomic E-state index is 0.0870. The Morgan fingerprint density at radius 1 is 1.50 bits per heavy atom. The van der Waals surface area contributed by atoms with Gasteiger partial charge in [0.25, 0.3) is 5.69 Å². The van der Waals surface area contributed by atoms with Gasteiger partial charge < -0.3 is 10.1 Å². The van der Waals surface area contributed by atoms with Gasteiger partial charge in [-0.05, 0) is 26.8 Å². The predicted molar refractivity (Wildman–Crippen MR) is 64.0 cm³/mol. The van der Waals surface area contributed by atoms with E-state index in [1.54, 1.807) is 20.8 Å². The van der Waals surface area contributed by atoms with Crippen LogP contribution in [0, 0.1) is 10.1 Å². The Morgan fingerprint density at radius 3 is 2.61 bits per heavy atom. The highest BCUT2D eigenvalue weighted by Gasteiger charge is 2.15. The minimum atomic E-state index is -0.563. The smallest absolute Gasteiger partial charge is 0.407 e. The molecule has 1 aromatic rings. The summed E-state index contributed by atoms with van der Waals surface area (Å²) >= 11 is 0. The highest BCUT2D eigenvalue weighted by molar-refractivity contribution is 5.67. The summed E-state index contributed by atoms with van der Waals surface area (Å²) in [7, 11) is 0. The van der Waals surface area contributed by atoms with Gasteiger partial charge in [-0.25, -0.2) is 4.79 Å². The van der Waals surface area contributed by atoms with Crippen LogP contribution in [-0.4, -0.2) is 21.6 Å². The van der Waals surface area contributed by atoms with Crippen molar-refractivity contribution in [2.75, 3.05) is 0 Å². The maximum absolute atomic E-state index is 11.3. The summed E-state index contributed by atoms with van der Waals surface area (Å²) in [4.78, 5) is 25.1. The van der Waals surface area contributed by atoms with Crippen LogP contribution in [0.2, 0.25) is 0 Å². The second-order valence-corrected chi connectivity index (χ2v) is 4.62. The summed E-state index contributed by atoms with van der Waals surface area (Å²) in [5.41, 5.74) is -0.130. The van der Waals surface area contributed by atoms with Crippen LogP contribution in [0.25, 0.3) is 0 Å². The van der Waals surface area contributed by atoms with Gasteiger partial charge in [-0.2, -0.15) is 0 Å². The first-order valence-electron chi connectivity index (χ1n) is 5.34. The van der Waals surface area contributed by atoms with Gasteiger partial charge in [-0.1, -0.05) is 0 Å². The van der Waals surface area contributed by atoms with Crippen LogP contribution in [0.4, 0.5) is 10.5 Å². The summed E-state index contributed by atoms with van der Waals surface area (Å²) in [5.74, 6) is 0. The number of hydrogen-bond acceptors (Lipinski definition) is 5. The molecule has 0 unspecified atom stereocenters. The van der Waals surface area contributed by atoms with Gasteiger partial charge >= 0.3 is 6.09 Å². The molecule has 0 bridgehead atoms. The Kier molecular flexibility index (Phi) is 4.19. The van der Waals surface area contributed by atoms with E-state index in [-0.39, 0.29) is 12.2 Å². The summed E-state index contributed by atoms with van der Waals surface area (Å²) < 4.78 is 5.04. The van der Waals surface area contributed by atoms with Crippen molar-refractivity contribution in [2.45, 2.75) is 32.9 Å². The minimum Gasteiger partial charge on any atom is -0.444 e. The maximum atomic E-state index is 11.3. The lowest BCUT2D eigenvalue weighted by Gasteiger charge is -2.19. The van der Waals surface area contributed by atoms with Gasteiger partial charge in [0, 0.05) is 6.07 Å². The molecular weight excluding hydrogens is 238 g/mol. The number of amides is 1. The molecule has 1 rings (SSSR count). The van der Waals surface area contributed by atoms with Gasteiger partial charge in [0.1, 0.15) is 11.8 Å². The van der Waals surface area contributed by atoms with E-state index >= 15 is 0 Å². The molecule has 0 aliphatic carbocycles. The number of rotatable bonds is 3. The molecule has 1 heterocycles. The van der Waals surface area contributed by atoms with E-state index in [2.05, 4.69) is 10.3 Å². The molecule has 1 aromatic heterocycles. The topological polar surface area (TPSA) is 94.4 Å². The lowest BCUT2D eigenvalue weighted by molar-refractivity contribution is -0.385. The van der Waals surface area contributed by atoms with Crippen molar-refractivity contribution in [3.8, 4) is 0 Å². The van der Waals surface area contributed by atoms with Crippen LogP contribution in [0.15, 0.2) is 18.3 Å². The van der Waals surface area contributed by atoms with Crippen LogP contribution in [0.1, 0.15) is 26.5 Å². The van der Waals surface area contributed by atoms with Crippen LogP contribution < -0.4 is 5.32 Å². The lowest BCUT2D eigenvalue weighted by Crippen LogP contribution is -2.32.